The molecule has 0 bridgehead atoms. The van der Waals surface area contributed by atoms with Crippen LogP contribution in [0.3, 0.4) is 0 Å². The number of nitrogens with one attached hydrogen (secondary N) is 2. The van der Waals surface area contributed by atoms with Gasteiger partial charge < -0.3 is 10.3 Å². The molecule has 1 aliphatic carbocycles. The van der Waals surface area contributed by atoms with Crippen LogP contribution in [-0.4, -0.2) is 39.9 Å². The summed E-state index contributed by atoms with van der Waals surface area (Å²) in [5, 5.41) is 3.31. The maximum atomic E-state index is 12.2. The summed E-state index contributed by atoms with van der Waals surface area (Å²) in [6.45, 7) is 7.40. The molecule has 138 valence electrons. The van der Waals surface area contributed by atoms with Crippen molar-refractivity contribution < 1.29 is 4.79 Å². The Labute approximate surface area is 157 Å². The highest BCUT2D eigenvalue weighted by molar-refractivity contribution is 5.85. The number of H-pyrrole nitrogens is 1. The second kappa shape index (κ2) is 9.64. The predicted molar refractivity (Wildman–Crippen MR) is 101 cm³/mol. The van der Waals surface area contributed by atoms with E-state index >= 15 is 0 Å². The number of imidazole rings is 1. The van der Waals surface area contributed by atoms with E-state index in [0.29, 0.717) is 17.8 Å². The Balaban J connectivity index is 0.00000144. The molecule has 2 aliphatic rings. The summed E-state index contributed by atoms with van der Waals surface area (Å²) >= 11 is 0. The fraction of sp³-hybridized carbons (Fsp3) is 0.765. The monoisotopic (exact) mass is 376 g/mol. The first-order valence-corrected chi connectivity index (χ1v) is 8.60. The quantitative estimate of drug-likeness (QED) is 0.801. The van der Waals surface area contributed by atoms with Gasteiger partial charge in [-0.1, -0.05) is 20.3 Å². The van der Waals surface area contributed by atoms with E-state index in [1.807, 2.05) is 6.20 Å². The number of nitrogens with zero attached hydrogens (tertiary/aromatic N) is 2. The molecule has 3 rings (SSSR count). The van der Waals surface area contributed by atoms with Gasteiger partial charge >= 0.3 is 0 Å². The fourth-order valence-corrected chi connectivity index (χ4v) is 3.71. The minimum Gasteiger partial charge on any atom is -0.352 e. The van der Waals surface area contributed by atoms with Gasteiger partial charge in [-0.15, -0.1) is 24.8 Å². The van der Waals surface area contributed by atoms with Crippen LogP contribution in [0.1, 0.15) is 45.2 Å². The first-order valence-electron chi connectivity index (χ1n) is 8.60. The third-order valence-corrected chi connectivity index (χ3v) is 5.29. The Kier molecular flexibility index (Phi) is 8.54. The van der Waals surface area contributed by atoms with Crippen LogP contribution < -0.4 is 5.32 Å². The third-order valence-electron chi connectivity index (χ3n) is 5.29. The smallest absolute Gasteiger partial charge is 0.220 e. The number of halogens is 2. The first-order chi connectivity index (χ1) is 10.6. The standard InChI is InChI=1S/C17H28N4O.2ClH/c1-12(2)15-9-21(8-14-7-18-11-19-14)10-16(15)20-17(22)6-13-4-3-5-13;;/h7,11-13,15-16H,3-6,8-10H2,1-2H3,(H,18,19)(H,20,22);2*1H/t15-,16+;;/m1../s1. The van der Waals surface area contributed by atoms with E-state index in [0.717, 1.165) is 31.7 Å². The Morgan fingerprint density at radius 1 is 1.38 bits per heavy atom. The largest absolute Gasteiger partial charge is 0.352 e. The van der Waals surface area contributed by atoms with Crippen LogP contribution in [0, 0.1) is 17.8 Å². The van der Waals surface area contributed by atoms with Crippen LogP contribution in [0.15, 0.2) is 12.5 Å². The highest BCUT2D eigenvalue weighted by Crippen LogP contribution is 2.30. The van der Waals surface area contributed by atoms with Crippen molar-refractivity contribution in [2.24, 2.45) is 17.8 Å². The maximum absolute atomic E-state index is 12.2. The zero-order valence-corrected chi connectivity index (χ0v) is 16.2. The molecule has 2 fully saturated rings. The van der Waals surface area contributed by atoms with Gasteiger partial charge in [-0.2, -0.15) is 0 Å². The van der Waals surface area contributed by atoms with Gasteiger partial charge in [-0.25, -0.2) is 4.98 Å². The average molecular weight is 377 g/mol. The molecule has 24 heavy (non-hydrogen) atoms. The number of amides is 1. The average Bonchev–Trinajstić information content (AvgIpc) is 3.04. The lowest BCUT2D eigenvalue weighted by atomic mass is 9.82. The SMILES string of the molecule is CC(C)[C@H]1CN(Cc2cnc[nH]2)C[C@@H]1NC(=O)CC1CCC1.Cl.Cl. The van der Waals surface area contributed by atoms with Crippen LogP contribution >= 0.6 is 24.8 Å². The number of hydrogen-bond acceptors (Lipinski definition) is 3. The summed E-state index contributed by atoms with van der Waals surface area (Å²) in [6.07, 6.45) is 8.10. The number of carbonyl (C=O) groups is 1. The molecule has 2 atom stereocenters. The summed E-state index contributed by atoms with van der Waals surface area (Å²) in [5.74, 6) is 2.01. The predicted octanol–water partition coefficient (Wildman–Crippen LogP) is 3.02. The molecule has 5 nitrogen and oxygen atoms in total. The number of carbonyl (C=O) groups excluding carboxylic acids is 1. The van der Waals surface area contributed by atoms with Crippen molar-refractivity contribution >= 4 is 30.7 Å². The molecule has 0 aromatic carbocycles. The van der Waals surface area contributed by atoms with Crippen molar-refractivity contribution in [3.8, 4) is 0 Å². The van der Waals surface area contributed by atoms with Crippen LogP contribution in [0.25, 0.3) is 0 Å². The van der Waals surface area contributed by atoms with Gasteiger partial charge in [-0.3, -0.25) is 9.69 Å². The molecule has 7 heteroatoms. The second-order valence-electron chi connectivity index (χ2n) is 7.35. The lowest BCUT2D eigenvalue weighted by molar-refractivity contribution is -0.123. The normalized spacial score (nSPS) is 24.1. The summed E-state index contributed by atoms with van der Waals surface area (Å²) in [6, 6.07) is 0.287. The van der Waals surface area contributed by atoms with Crippen molar-refractivity contribution in [3.05, 3.63) is 18.2 Å². The van der Waals surface area contributed by atoms with Gasteiger partial charge in [0.1, 0.15) is 0 Å². The lowest BCUT2D eigenvalue weighted by Crippen LogP contribution is -2.42. The topological polar surface area (TPSA) is 61.0 Å². The molecule has 1 saturated heterocycles. The van der Waals surface area contributed by atoms with E-state index in [1.165, 1.54) is 19.3 Å². The molecule has 1 aromatic heterocycles. The molecule has 1 aromatic rings. The van der Waals surface area contributed by atoms with E-state index in [-0.39, 0.29) is 36.8 Å². The first kappa shape index (κ1) is 21.3. The van der Waals surface area contributed by atoms with E-state index in [1.54, 1.807) is 6.33 Å². The zero-order valence-electron chi connectivity index (χ0n) is 14.5. The number of hydrogen-bond donors (Lipinski definition) is 2. The third kappa shape index (κ3) is 5.36. The minimum absolute atomic E-state index is 0. The summed E-state index contributed by atoms with van der Waals surface area (Å²) in [4.78, 5) is 21.9. The van der Waals surface area contributed by atoms with E-state index < -0.39 is 0 Å². The van der Waals surface area contributed by atoms with Crippen molar-refractivity contribution in [1.82, 2.24) is 20.2 Å². The minimum atomic E-state index is 0. The van der Waals surface area contributed by atoms with Gasteiger partial charge in [0, 0.05) is 44.0 Å². The highest BCUT2D eigenvalue weighted by atomic mass is 35.5. The fourth-order valence-electron chi connectivity index (χ4n) is 3.71. The van der Waals surface area contributed by atoms with Gasteiger partial charge in [0.05, 0.1) is 6.33 Å². The molecule has 0 unspecified atom stereocenters. The highest BCUT2D eigenvalue weighted by Gasteiger charge is 2.36. The van der Waals surface area contributed by atoms with E-state index in [9.17, 15) is 4.79 Å². The van der Waals surface area contributed by atoms with Gasteiger partial charge in [0.2, 0.25) is 5.91 Å². The summed E-state index contributed by atoms with van der Waals surface area (Å²) in [5.41, 5.74) is 1.14. The van der Waals surface area contributed by atoms with Crippen LogP contribution in [0.4, 0.5) is 0 Å². The van der Waals surface area contributed by atoms with Crippen LogP contribution in [0.2, 0.25) is 0 Å². The molecular formula is C17H30Cl2N4O. The maximum Gasteiger partial charge on any atom is 0.220 e. The van der Waals surface area contributed by atoms with Crippen molar-refractivity contribution in [2.75, 3.05) is 13.1 Å². The number of aromatic amines is 1. The molecule has 2 heterocycles. The molecule has 1 aliphatic heterocycles. The van der Waals surface area contributed by atoms with Gasteiger partial charge in [0.15, 0.2) is 0 Å². The summed E-state index contributed by atoms with van der Waals surface area (Å²) < 4.78 is 0. The van der Waals surface area contributed by atoms with Gasteiger partial charge in [0.25, 0.3) is 0 Å². The number of likely N-dealkylation sites (tertiary alicyclic amines) is 1. The molecule has 2 N–H and O–H groups in total. The Morgan fingerprint density at radius 3 is 2.67 bits per heavy atom. The zero-order chi connectivity index (χ0) is 15.5. The van der Waals surface area contributed by atoms with E-state index in [4.69, 9.17) is 0 Å². The molecule has 0 spiro atoms. The van der Waals surface area contributed by atoms with Crippen LogP contribution in [-0.2, 0) is 11.3 Å². The number of rotatable bonds is 6. The summed E-state index contributed by atoms with van der Waals surface area (Å²) in [7, 11) is 0. The van der Waals surface area contributed by atoms with Gasteiger partial charge in [-0.05, 0) is 30.6 Å². The Morgan fingerprint density at radius 2 is 2.12 bits per heavy atom. The van der Waals surface area contributed by atoms with Crippen molar-refractivity contribution in [3.63, 3.8) is 0 Å². The van der Waals surface area contributed by atoms with Crippen molar-refractivity contribution in [1.29, 1.82) is 0 Å². The molecule has 1 amide bonds. The number of aromatic nitrogens is 2. The van der Waals surface area contributed by atoms with Crippen LogP contribution in [0.5, 0.6) is 0 Å². The lowest BCUT2D eigenvalue weighted by Gasteiger charge is -2.27. The van der Waals surface area contributed by atoms with Crippen molar-refractivity contribution in [2.45, 2.75) is 52.1 Å². The molecule has 0 radical (unpaired) electrons. The Hall–Kier alpha value is -0.780. The Bertz CT molecular complexity index is 491. The molecule has 1 saturated carbocycles. The van der Waals surface area contributed by atoms with E-state index in [2.05, 4.69) is 34.0 Å². The second-order valence-corrected chi connectivity index (χ2v) is 7.35. The molecular weight excluding hydrogens is 347 g/mol.